The summed E-state index contributed by atoms with van der Waals surface area (Å²) in [5, 5.41) is 9.86. The molecule has 92 valence electrons. The number of thiazole rings is 1. The monoisotopic (exact) mass is 315 g/mol. The van der Waals surface area contributed by atoms with E-state index in [0.29, 0.717) is 6.54 Å². The highest BCUT2D eigenvalue weighted by atomic mass is 79.9. The quantitative estimate of drug-likeness (QED) is 0.760. The van der Waals surface area contributed by atoms with Crippen molar-refractivity contribution in [2.24, 2.45) is 0 Å². The van der Waals surface area contributed by atoms with Crippen LogP contribution in [0, 0.1) is 13.8 Å². The topological polar surface area (TPSA) is 41.2 Å². The molecule has 0 amide bonds. The molecular weight excluding hydrogens is 302 g/mol. The van der Waals surface area contributed by atoms with Crippen LogP contribution in [-0.4, -0.2) is 11.1 Å². The van der Waals surface area contributed by atoms with E-state index in [1.165, 1.54) is 10.3 Å². The Morgan fingerprint density at radius 2 is 2.12 bits per heavy atom. The number of carboxylic acids is 1. The molecule has 0 aliphatic heterocycles. The summed E-state index contributed by atoms with van der Waals surface area (Å²) in [7, 11) is 0. The number of aliphatic carboxylic acids is 1. The third kappa shape index (κ3) is 3.04. The number of halogens is 1. The molecule has 0 atom stereocenters. The molecule has 2 aromatic rings. The second-order valence-electron chi connectivity index (χ2n) is 3.89. The van der Waals surface area contributed by atoms with Gasteiger partial charge in [0.05, 0.1) is 0 Å². The Morgan fingerprint density at radius 3 is 2.76 bits per heavy atom. The normalized spacial score (nSPS) is 10.2. The fraction of sp³-hybridized carbons (Fsp3) is 0.333. The van der Waals surface area contributed by atoms with Crippen molar-refractivity contribution < 1.29 is 31.4 Å². The van der Waals surface area contributed by atoms with E-state index in [4.69, 9.17) is 5.11 Å². The number of aromatic nitrogens is 1. The molecule has 0 saturated heterocycles. The van der Waals surface area contributed by atoms with Crippen LogP contribution in [0.2, 0.25) is 0 Å². The number of aryl methyl sites for hydroxylation is 3. The lowest BCUT2D eigenvalue weighted by Crippen LogP contribution is -3.00. The molecule has 1 aromatic heterocycles. The molecule has 0 unspecified atom stereocenters. The van der Waals surface area contributed by atoms with Crippen LogP contribution in [0.15, 0.2) is 18.2 Å². The number of fused-ring (bicyclic) bond motifs is 1. The van der Waals surface area contributed by atoms with Crippen molar-refractivity contribution in [3.8, 4) is 0 Å². The highest BCUT2D eigenvalue weighted by Crippen LogP contribution is 2.21. The first-order valence-corrected chi connectivity index (χ1v) is 6.01. The first-order valence-electron chi connectivity index (χ1n) is 5.19. The Labute approximate surface area is 114 Å². The molecule has 0 aliphatic carbocycles. The van der Waals surface area contributed by atoms with Crippen molar-refractivity contribution in [1.82, 2.24) is 0 Å². The first-order chi connectivity index (χ1) is 7.58. The van der Waals surface area contributed by atoms with Crippen LogP contribution in [0.4, 0.5) is 0 Å². The summed E-state index contributed by atoms with van der Waals surface area (Å²) in [6.45, 7) is 4.64. The number of benzene rings is 1. The van der Waals surface area contributed by atoms with E-state index < -0.39 is 5.97 Å². The Bertz CT molecular complexity index is 551. The van der Waals surface area contributed by atoms with E-state index in [2.05, 4.69) is 29.7 Å². The zero-order chi connectivity index (χ0) is 11.7. The van der Waals surface area contributed by atoms with E-state index >= 15 is 0 Å². The Kier molecular flexibility index (Phi) is 4.65. The van der Waals surface area contributed by atoms with Crippen molar-refractivity contribution in [3.05, 3.63) is 28.8 Å². The predicted molar refractivity (Wildman–Crippen MR) is 63.7 cm³/mol. The number of carboxylic acid groups (broad SMARTS) is 1. The number of nitrogens with zero attached hydrogens (tertiary/aromatic N) is 1. The minimum Gasteiger partial charge on any atom is -1.00 e. The van der Waals surface area contributed by atoms with E-state index in [0.717, 1.165) is 10.5 Å². The molecule has 1 heterocycles. The summed E-state index contributed by atoms with van der Waals surface area (Å²) in [4.78, 5) is 10.6. The smallest absolute Gasteiger partial charge is 0.309 e. The number of hydrogen-bond acceptors (Lipinski definition) is 2. The van der Waals surface area contributed by atoms with Crippen molar-refractivity contribution in [1.29, 1.82) is 0 Å². The molecule has 2 rings (SSSR count). The van der Waals surface area contributed by atoms with Gasteiger partial charge in [0, 0.05) is 13.0 Å². The Balaban J connectivity index is 0.00000144. The fourth-order valence-corrected chi connectivity index (χ4v) is 2.94. The van der Waals surface area contributed by atoms with Gasteiger partial charge in [-0.05, 0) is 18.6 Å². The van der Waals surface area contributed by atoms with Crippen molar-refractivity contribution >= 4 is 27.5 Å². The van der Waals surface area contributed by atoms with E-state index in [1.54, 1.807) is 11.3 Å². The zero-order valence-corrected chi connectivity index (χ0v) is 12.1. The van der Waals surface area contributed by atoms with Crippen molar-refractivity contribution in [2.45, 2.75) is 26.8 Å². The number of carbonyl (C=O) groups is 1. The number of rotatable bonds is 3. The SMILES string of the molecule is Cc1ccc2c(c1)sc(C)[n+]2CCC(=O)O.[Br-]. The molecule has 5 heteroatoms. The van der Waals surface area contributed by atoms with Crippen molar-refractivity contribution in [3.63, 3.8) is 0 Å². The Hall–Kier alpha value is -0.940. The molecule has 0 aliphatic rings. The molecule has 1 aromatic carbocycles. The Morgan fingerprint density at radius 1 is 1.41 bits per heavy atom. The lowest BCUT2D eigenvalue weighted by atomic mass is 10.2. The first kappa shape index (κ1) is 14.1. The van der Waals surface area contributed by atoms with Gasteiger partial charge >= 0.3 is 5.97 Å². The predicted octanol–water partition coefficient (Wildman–Crippen LogP) is -0.716. The molecule has 0 bridgehead atoms. The second kappa shape index (κ2) is 5.60. The van der Waals surface area contributed by atoms with Gasteiger partial charge in [0.15, 0.2) is 6.54 Å². The summed E-state index contributed by atoms with van der Waals surface area (Å²) in [5.41, 5.74) is 2.37. The highest BCUT2D eigenvalue weighted by molar-refractivity contribution is 7.18. The van der Waals surface area contributed by atoms with Crippen molar-refractivity contribution in [2.75, 3.05) is 0 Å². The molecule has 1 N–H and O–H groups in total. The van der Waals surface area contributed by atoms with Crippen LogP contribution in [0.5, 0.6) is 0 Å². The fourth-order valence-electron chi connectivity index (χ4n) is 1.80. The molecule has 0 radical (unpaired) electrons. The van der Waals surface area contributed by atoms with Crippen LogP contribution < -0.4 is 21.5 Å². The maximum absolute atomic E-state index is 10.6. The largest absolute Gasteiger partial charge is 1.00 e. The average Bonchev–Trinajstić information content (AvgIpc) is 2.50. The van der Waals surface area contributed by atoms with Crippen LogP contribution in [0.1, 0.15) is 17.0 Å². The summed E-state index contributed by atoms with van der Waals surface area (Å²) >= 11 is 1.71. The summed E-state index contributed by atoms with van der Waals surface area (Å²) < 4.78 is 3.30. The molecule has 0 fully saturated rings. The van der Waals surface area contributed by atoms with E-state index in [-0.39, 0.29) is 23.4 Å². The molecule has 17 heavy (non-hydrogen) atoms. The molecule has 0 saturated carbocycles. The number of hydrogen-bond donors (Lipinski definition) is 1. The average molecular weight is 316 g/mol. The van der Waals surface area contributed by atoms with E-state index in [1.807, 2.05) is 6.92 Å². The lowest BCUT2D eigenvalue weighted by molar-refractivity contribution is -0.671. The summed E-state index contributed by atoms with van der Waals surface area (Å²) in [6, 6.07) is 6.27. The highest BCUT2D eigenvalue weighted by Gasteiger charge is 2.17. The van der Waals surface area contributed by atoms with Gasteiger partial charge < -0.3 is 22.1 Å². The summed E-state index contributed by atoms with van der Waals surface area (Å²) in [6.07, 6.45) is 0.172. The minimum absolute atomic E-state index is 0. The van der Waals surface area contributed by atoms with Gasteiger partial charge in [-0.3, -0.25) is 4.79 Å². The third-order valence-electron chi connectivity index (χ3n) is 2.59. The third-order valence-corrected chi connectivity index (χ3v) is 3.66. The second-order valence-corrected chi connectivity index (χ2v) is 5.12. The maximum atomic E-state index is 10.6. The van der Waals surface area contributed by atoms with Crippen LogP contribution in [-0.2, 0) is 11.3 Å². The van der Waals surface area contributed by atoms with Gasteiger partial charge in [-0.1, -0.05) is 17.4 Å². The van der Waals surface area contributed by atoms with Crippen LogP contribution in [0.3, 0.4) is 0 Å². The van der Waals surface area contributed by atoms with Gasteiger partial charge in [0.1, 0.15) is 11.1 Å². The van der Waals surface area contributed by atoms with Gasteiger partial charge in [-0.25, -0.2) is 0 Å². The van der Waals surface area contributed by atoms with Gasteiger partial charge in [0.25, 0.3) is 0 Å². The zero-order valence-electron chi connectivity index (χ0n) is 9.74. The summed E-state index contributed by atoms with van der Waals surface area (Å²) in [5.74, 6) is -0.752. The molecule has 0 spiro atoms. The van der Waals surface area contributed by atoms with Crippen LogP contribution in [0.25, 0.3) is 10.2 Å². The van der Waals surface area contributed by atoms with Gasteiger partial charge in [-0.15, -0.1) is 0 Å². The van der Waals surface area contributed by atoms with Gasteiger partial charge in [-0.2, -0.15) is 4.57 Å². The lowest BCUT2D eigenvalue weighted by Gasteiger charge is -1.94. The van der Waals surface area contributed by atoms with E-state index in [9.17, 15) is 4.79 Å². The van der Waals surface area contributed by atoms with Gasteiger partial charge in [0.2, 0.25) is 10.5 Å². The molecule has 3 nitrogen and oxygen atoms in total. The molecular formula is C12H14BrNO2S. The standard InChI is InChI=1S/C12H13NO2S.BrH/c1-8-3-4-10-11(7-8)16-9(2)13(10)6-5-12(14)15;/h3-4,7H,5-6H2,1-2H3;1H. The minimum atomic E-state index is -0.752. The maximum Gasteiger partial charge on any atom is 0.309 e. The van der Waals surface area contributed by atoms with Crippen LogP contribution >= 0.6 is 11.3 Å².